The molecule has 0 saturated carbocycles. The zero-order chi connectivity index (χ0) is 23.5. The van der Waals surface area contributed by atoms with Crippen LogP contribution in [0.15, 0.2) is 60.9 Å². The van der Waals surface area contributed by atoms with Gasteiger partial charge in [-0.25, -0.2) is 0 Å². The van der Waals surface area contributed by atoms with Crippen molar-refractivity contribution in [3.63, 3.8) is 0 Å². The Morgan fingerprint density at radius 3 is 2.79 bits per heavy atom. The highest BCUT2D eigenvalue weighted by molar-refractivity contribution is 6.04. The van der Waals surface area contributed by atoms with Crippen molar-refractivity contribution < 1.29 is 23.9 Å². The first kappa shape index (κ1) is 21.5. The van der Waals surface area contributed by atoms with Crippen LogP contribution in [0.25, 0.3) is 0 Å². The lowest BCUT2D eigenvalue weighted by Gasteiger charge is -2.35. The smallest absolute Gasteiger partial charge is 0.255 e. The third kappa shape index (κ3) is 4.56. The van der Waals surface area contributed by atoms with Gasteiger partial charge in [-0.1, -0.05) is 30.3 Å². The SMILES string of the molecule is O=C(Nc1cnn(CC(=O)N2CCNC(=O)[C@H]2Cc2ccccc2)c1)c1ccc2c(c1)OCO2. The van der Waals surface area contributed by atoms with Crippen LogP contribution in [0, 0.1) is 0 Å². The molecular formula is C24H23N5O5. The Balaban J connectivity index is 1.23. The summed E-state index contributed by atoms with van der Waals surface area (Å²) in [5, 5.41) is 9.79. The molecule has 3 aromatic rings. The molecule has 2 N–H and O–H groups in total. The Labute approximate surface area is 195 Å². The number of rotatable bonds is 6. The molecule has 2 aromatic carbocycles. The van der Waals surface area contributed by atoms with Gasteiger partial charge in [0.15, 0.2) is 11.5 Å². The predicted octanol–water partition coefficient (Wildman–Crippen LogP) is 1.43. The largest absolute Gasteiger partial charge is 0.454 e. The van der Waals surface area contributed by atoms with Crippen LogP contribution in [-0.2, 0) is 22.6 Å². The van der Waals surface area contributed by atoms with Crippen molar-refractivity contribution >= 4 is 23.4 Å². The van der Waals surface area contributed by atoms with E-state index in [1.54, 1.807) is 29.3 Å². The normalized spacial score (nSPS) is 16.8. The van der Waals surface area contributed by atoms with E-state index in [4.69, 9.17) is 9.47 Å². The van der Waals surface area contributed by atoms with E-state index < -0.39 is 6.04 Å². The summed E-state index contributed by atoms with van der Waals surface area (Å²) in [4.78, 5) is 39.7. The van der Waals surface area contributed by atoms with E-state index in [-0.39, 0.29) is 31.1 Å². The molecule has 0 radical (unpaired) electrons. The fourth-order valence-corrected chi connectivity index (χ4v) is 4.04. The van der Waals surface area contributed by atoms with E-state index in [1.165, 1.54) is 10.9 Å². The van der Waals surface area contributed by atoms with Gasteiger partial charge >= 0.3 is 0 Å². The number of fused-ring (bicyclic) bond motifs is 1. The van der Waals surface area contributed by atoms with Gasteiger partial charge in [0.2, 0.25) is 18.6 Å². The van der Waals surface area contributed by atoms with Crippen molar-refractivity contribution in [3.05, 3.63) is 72.1 Å². The number of carbonyl (C=O) groups is 3. The molecule has 1 aromatic heterocycles. The number of ether oxygens (including phenoxy) is 2. The van der Waals surface area contributed by atoms with Gasteiger partial charge in [-0.05, 0) is 23.8 Å². The highest BCUT2D eigenvalue weighted by atomic mass is 16.7. The summed E-state index contributed by atoms with van der Waals surface area (Å²) >= 11 is 0. The van der Waals surface area contributed by atoms with Gasteiger partial charge in [-0.15, -0.1) is 0 Å². The Morgan fingerprint density at radius 1 is 1.12 bits per heavy atom. The number of aromatic nitrogens is 2. The fraction of sp³-hybridized carbons (Fsp3) is 0.250. The molecule has 10 nitrogen and oxygen atoms in total. The molecule has 1 fully saturated rings. The van der Waals surface area contributed by atoms with Crippen molar-refractivity contribution in [2.24, 2.45) is 0 Å². The first-order valence-corrected chi connectivity index (χ1v) is 10.9. The molecule has 0 unspecified atom stereocenters. The van der Waals surface area contributed by atoms with Crippen LogP contribution < -0.4 is 20.1 Å². The topological polar surface area (TPSA) is 115 Å². The van der Waals surface area contributed by atoms with Gasteiger partial charge in [0.25, 0.3) is 5.91 Å². The van der Waals surface area contributed by atoms with Gasteiger partial charge in [0, 0.05) is 31.3 Å². The van der Waals surface area contributed by atoms with Crippen LogP contribution >= 0.6 is 0 Å². The number of piperazine rings is 1. The number of carbonyl (C=O) groups excluding carboxylic acids is 3. The van der Waals surface area contributed by atoms with E-state index in [2.05, 4.69) is 15.7 Å². The van der Waals surface area contributed by atoms with E-state index >= 15 is 0 Å². The van der Waals surface area contributed by atoms with Crippen LogP contribution in [0.3, 0.4) is 0 Å². The number of hydrogen-bond donors (Lipinski definition) is 2. The molecule has 1 atom stereocenters. The van der Waals surface area contributed by atoms with Crippen LogP contribution in [0.5, 0.6) is 11.5 Å². The molecule has 0 bridgehead atoms. The summed E-state index contributed by atoms with van der Waals surface area (Å²) in [6.45, 7) is 0.924. The maximum absolute atomic E-state index is 13.0. The summed E-state index contributed by atoms with van der Waals surface area (Å²) < 4.78 is 12.0. The number of amides is 3. The summed E-state index contributed by atoms with van der Waals surface area (Å²) in [5.74, 6) is 0.400. The summed E-state index contributed by atoms with van der Waals surface area (Å²) in [6.07, 6.45) is 3.50. The molecule has 0 aliphatic carbocycles. The molecule has 5 rings (SSSR count). The summed E-state index contributed by atoms with van der Waals surface area (Å²) in [7, 11) is 0. The highest BCUT2D eigenvalue weighted by Crippen LogP contribution is 2.32. The lowest BCUT2D eigenvalue weighted by Crippen LogP contribution is -2.58. The third-order valence-corrected chi connectivity index (χ3v) is 5.75. The Hall–Kier alpha value is -4.34. The van der Waals surface area contributed by atoms with Crippen LogP contribution in [0.4, 0.5) is 5.69 Å². The van der Waals surface area contributed by atoms with Gasteiger partial charge in [-0.2, -0.15) is 5.10 Å². The summed E-state index contributed by atoms with van der Waals surface area (Å²) in [5.41, 5.74) is 1.85. The van der Waals surface area contributed by atoms with Crippen molar-refractivity contribution in [1.29, 1.82) is 0 Å². The molecule has 2 aliphatic heterocycles. The van der Waals surface area contributed by atoms with E-state index in [0.29, 0.717) is 42.3 Å². The number of hydrogen-bond acceptors (Lipinski definition) is 6. The van der Waals surface area contributed by atoms with E-state index in [1.807, 2.05) is 30.3 Å². The maximum atomic E-state index is 13.0. The van der Waals surface area contributed by atoms with Gasteiger partial charge in [0.05, 0.1) is 11.9 Å². The second-order valence-electron chi connectivity index (χ2n) is 8.03. The predicted molar refractivity (Wildman–Crippen MR) is 121 cm³/mol. The molecule has 0 spiro atoms. The molecule has 174 valence electrons. The molecule has 1 saturated heterocycles. The second kappa shape index (κ2) is 9.26. The molecule has 10 heteroatoms. The van der Waals surface area contributed by atoms with Crippen molar-refractivity contribution in [1.82, 2.24) is 20.0 Å². The number of benzene rings is 2. The minimum Gasteiger partial charge on any atom is -0.454 e. The minimum absolute atomic E-state index is 0.0432. The van der Waals surface area contributed by atoms with Crippen LogP contribution in [-0.4, -0.2) is 58.3 Å². The molecule has 3 amide bonds. The maximum Gasteiger partial charge on any atom is 0.255 e. The first-order chi connectivity index (χ1) is 16.6. The average molecular weight is 461 g/mol. The molecule has 34 heavy (non-hydrogen) atoms. The molecule has 3 heterocycles. The van der Waals surface area contributed by atoms with Gasteiger partial charge in [-0.3, -0.25) is 19.1 Å². The monoisotopic (exact) mass is 461 g/mol. The number of anilines is 1. The van der Waals surface area contributed by atoms with Gasteiger partial charge in [0.1, 0.15) is 12.6 Å². The Bertz CT molecular complexity index is 1230. The van der Waals surface area contributed by atoms with Crippen molar-refractivity contribution in [3.8, 4) is 11.5 Å². The highest BCUT2D eigenvalue weighted by Gasteiger charge is 2.33. The zero-order valence-electron chi connectivity index (χ0n) is 18.3. The van der Waals surface area contributed by atoms with Gasteiger partial charge < -0.3 is 25.0 Å². The molecular weight excluding hydrogens is 438 g/mol. The lowest BCUT2D eigenvalue weighted by atomic mass is 10.0. The summed E-state index contributed by atoms with van der Waals surface area (Å²) in [6, 6.07) is 14.0. The van der Waals surface area contributed by atoms with E-state index in [0.717, 1.165) is 5.56 Å². The average Bonchev–Trinajstić information content (AvgIpc) is 3.49. The third-order valence-electron chi connectivity index (χ3n) is 5.75. The standard InChI is InChI=1S/C24H23N5O5/c30-22(29-9-8-25-24(32)19(29)10-16-4-2-1-3-5-16)14-28-13-18(12-26-28)27-23(31)17-6-7-20-21(11-17)34-15-33-20/h1-7,11-13,19H,8-10,14-15H2,(H,25,32)(H,27,31)/t19-/m1/s1. The Morgan fingerprint density at radius 2 is 1.94 bits per heavy atom. The van der Waals surface area contributed by atoms with Crippen molar-refractivity contribution in [2.75, 3.05) is 25.2 Å². The quantitative estimate of drug-likeness (QED) is 0.574. The second-order valence-corrected chi connectivity index (χ2v) is 8.03. The number of nitrogens with one attached hydrogen (secondary N) is 2. The first-order valence-electron chi connectivity index (χ1n) is 10.9. The van der Waals surface area contributed by atoms with Crippen LogP contribution in [0.1, 0.15) is 15.9 Å². The Kier molecular flexibility index (Phi) is 5.86. The number of nitrogens with zero attached hydrogens (tertiary/aromatic N) is 3. The lowest BCUT2D eigenvalue weighted by molar-refractivity contribution is -0.143. The zero-order valence-corrected chi connectivity index (χ0v) is 18.3. The van der Waals surface area contributed by atoms with E-state index in [9.17, 15) is 14.4 Å². The minimum atomic E-state index is -0.579. The van der Waals surface area contributed by atoms with Crippen molar-refractivity contribution in [2.45, 2.75) is 19.0 Å². The van der Waals surface area contributed by atoms with Crippen LogP contribution in [0.2, 0.25) is 0 Å². The fourth-order valence-electron chi connectivity index (χ4n) is 4.04. The molecule has 2 aliphatic rings.